The third-order valence-electron chi connectivity index (χ3n) is 2.58. The van der Waals surface area contributed by atoms with Crippen LogP contribution < -0.4 is 11.1 Å². The molecule has 0 bridgehead atoms. The molecule has 1 atom stereocenters. The molecule has 104 valence electrons. The summed E-state index contributed by atoms with van der Waals surface area (Å²) in [6.07, 6.45) is 1.13. The second-order valence-electron chi connectivity index (χ2n) is 4.24. The molecule has 0 saturated heterocycles. The summed E-state index contributed by atoms with van der Waals surface area (Å²) in [4.78, 5) is 22.1. The minimum Gasteiger partial charge on any atom is -0.480 e. The van der Waals surface area contributed by atoms with Crippen LogP contribution >= 0.6 is 11.6 Å². The number of nitrogens with two attached hydrogens (primary N) is 1. The van der Waals surface area contributed by atoms with E-state index >= 15 is 0 Å². The normalized spacial score (nSPS) is 11.9. The van der Waals surface area contributed by atoms with Crippen molar-refractivity contribution in [1.29, 1.82) is 0 Å². The van der Waals surface area contributed by atoms with Crippen molar-refractivity contribution in [2.45, 2.75) is 25.3 Å². The van der Waals surface area contributed by atoms with Gasteiger partial charge in [-0.15, -0.1) is 0 Å². The van der Waals surface area contributed by atoms with E-state index in [1.54, 1.807) is 18.2 Å². The van der Waals surface area contributed by atoms with E-state index in [4.69, 9.17) is 22.4 Å². The van der Waals surface area contributed by atoms with E-state index in [-0.39, 0.29) is 12.3 Å². The van der Waals surface area contributed by atoms with Crippen molar-refractivity contribution in [3.8, 4) is 0 Å². The van der Waals surface area contributed by atoms with Crippen molar-refractivity contribution in [1.82, 2.24) is 5.32 Å². The number of carbonyl (C=O) groups excluding carboxylic acids is 1. The molecule has 0 radical (unpaired) electrons. The van der Waals surface area contributed by atoms with Crippen molar-refractivity contribution in [2.24, 2.45) is 5.73 Å². The molecule has 1 aromatic carbocycles. The molecule has 19 heavy (non-hydrogen) atoms. The molecule has 0 aliphatic rings. The fourth-order valence-corrected chi connectivity index (χ4v) is 1.78. The Balaban J connectivity index is 2.23. The summed E-state index contributed by atoms with van der Waals surface area (Å²) >= 11 is 5.82. The van der Waals surface area contributed by atoms with Gasteiger partial charge < -0.3 is 16.2 Å². The Morgan fingerprint density at radius 3 is 2.79 bits per heavy atom. The maximum absolute atomic E-state index is 11.6. The summed E-state index contributed by atoms with van der Waals surface area (Å²) in [7, 11) is 0. The number of carbonyl (C=O) groups is 2. The predicted molar refractivity (Wildman–Crippen MR) is 73.0 cm³/mol. The van der Waals surface area contributed by atoms with Gasteiger partial charge in [-0.3, -0.25) is 9.59 Å². The van der Waals surface area contributed by atoms with Crippen LogP contribution in [0.3, 0.4) is 0 Å². The average molecular weight is 285 g/mol. The SMILES string of the molecule is N[C@@H](CCCNC(=O)Cc1cccc(Cl)c1)C(=O)O. The lowest BCUT2D eigenvalue weighted by Crippen LogP contribution is -2.32. The van der Waals surface area contributed by atoms with E-state index in [1.165, 1.54) is 0 Å². The Labute approximate surface area is 116 Å². The molecule has 0 saturated carbocycles. The van der Waals surface area contributed by atoms with Gasteiger partial charge in [0.2, 0.25) is 5.91 Å². The topological polar surface area (TPSA) is 92.4 Å². The molecule has 1 aromatic rings. The minimum absolute atomic E-state index is 0.119. The average Bonchev–Trinajstić information content (AvgIpc) is 2.34. The third-order valence-corrected chi connectivity index (χ3v) is 2.82. The largest absolute Gasteiger partial charge is 0.480 e. The van der Waals surface area contributed by atoms with Crippen LogP contribution in [0.4, 0.5) is 0 Å². The highest BCUT2D eigenvalue weighted by Gasteiger charge is 2.10. The molecule has 0 fully saturated rings. The van der Waals surface area contributed by atoms with Crippen molar-refractivity contribution in [2.75, 3.05) is 6.54 Å². The number of hydrogen-bond donors (Lipinski definition) is 3. The second kappa shape index (κ2) is 7.76. The number of amides is 1. The summed E-state index contributed by atoms with van der Waals surface area (Å²) in [6.45, 7) is 0.417. The fraction of sp³-hybridized carbons (Fsp3) is 0.385. The molecule has 6 heteroatoms. The van der Waals surface area contributed by atoms with Gasteiger partial charge in [0, 0.05) is 11.6 Å². The van der Waals surface area contributed by atoms with Crippen molar-refractivity contribution < 1.29 is 14.7 Å². The lowest BCUT2D eigenvalue weighted by Gasteiger charge is -2.07. The zero-order valence-corrected chi connectivity index (χ0v) is 11.2. The molecule has 0 aromatic heterocycles. The van der Waals surface area contributed by atoms with Gasteiger partial charge in [-0.05, 0) is 30.5 Å². The van der Waals surface area contributed by atoms with E-state index in [0.29, 0.717) is 24.4 Å². The number of benzene rings is 1. The second-order valence-corrected chi connectivity index (χ2v) is 4.68. The quantitative estimate of drug-likeness (QED) is 0.656. The molecule has 0 aliphatic carbocycles. The maximum atomic E-state index is 11.6. The molecule has 5 nitrogen and oxygen atoms in total. The highest BCUT2D eigenvalue weighted by atomic mass is 35.5. The molecule has 0 aliphatic heterocycles. The Morgan fingerprint density at radius 2 is 2.16 bits per heavy atom. The van der Waals surface area contributed by atoms with Crippen LogP contribution in [0.2, 0.25) is 5.02 Å². The van der Waals surface area contributed by atoms with Gasteiger partial charge in [0.05, 0.1) is 6.42 Å². The number of carboxylic acid groups (broad SMARTS) is 1. The number of aliphatic carboxylic acids is 1. The van der Waals surface area contributed by atoms with Gasteiger partial charge in [-0.1, -0.05) is 23.7 Å². The predicted octanol–water partition coefficient (Wildman–Crippen LogP) is 1.19. The van der Waals surface area contributed by atoms with Gasteiger partial charge in [0.1, 0.15) is 6.04 Å². The molecule has 1 amide bonds. The van der Waals surface area contributed by atoms with Crippen LogP contribution in [0.15, 0.2) is 24.3 Å². The number of nitrogens with one attached hydrogen (secondary N) is 1. The Bertz CT molecular complexity index is 451. The number of rotatable bonds is 7. The molecule has 0 spiro atoms. The molecular formula is C13H17ClN2O3. The maximum Gasteiger partial charge on any atom is 0.320 e. The lowest BCUT2D eigenvalue weighted by atomic mass is 10.1. The van der Waals surface area contributed by atoms with E-state index in [2.05, 4.69) is 5.32 Å². The number of carboxylic acids is 1. The molecule has 4 N–H and O–H groups in total. The van der Waals surface area contributed by atoms with Gasteiger partial charge in [0.15, 0.2) is 0 Å². The first kappa shape index (κ1) is 15.5. The van der Waals surface area contributed by atoms with Crippen LogP contribution in [0.5, 0.6) is 0 Å². The summed E-state index contributed by atoms with van der Waals surface area (Å²) in [5, 5.41) is 11.9. The zero-order chi connectivity index (χ0) is 14.3. The fourth-order valence-electron chi connectivity index (χ4n) is 1.57. The standard InChI is InChI=1S/C13H17ClN2O3/c14-10-4-1-3-9(7-10)8-12(17)16-6-2-5-11(15)13(18)19/h1,3-4,7,11H,2,5-6,8,15H2,(H,16,17)(H,18,19)/t11-/m0/s1. The zero-order valence-electron chi connectivity index (χ0n) is 10.4. The minimum atomic E-state index is -1.02. The summed E-state index contributed by atoms with van der Waals surface area (Å²) in [5.41, 5.74) is 6.19. The first-order chi connectivity index (χ1) is 8.99. The lowest BCUT2D eigenvalue weighted by molar-refractivity contribution is -0.138. The van der Waals surface area contributed by atoms with Crippen LogP contribution in [0.25, 0.3) is 0 Å². The smallest absolute Gasteiger partial charge is 0.320 e. The molecule has 0 unspecified atom stereocenters. The van der Waals surface area contributed by atoms with Gasteiger partial charge in [-0.2, -0.15) is 0 Å². The van der Waals surface area contributed by atoms with E-state index in [1.807, 2.05) is 6.07 Å². The van der Waals surface area contributed by atoms with Crippen molar-refractivity contribution >= 4 is 23.5 Å². The summed E-state index contributed by atoms with van der Waals surface area (Å²) in [6, 6.07) is 6.23. The molecule has 1 rings (SSSR count). The van der Waals surface area contributed by atoms with E-state index < -0.39 is 12.0 Å². The first-order valence-corrected chi connectivity index (χ1v) is 6.36. The first-order valence-electron chi connectivity index (χ1n) is 5.98. The number of hydrogen-bond acceptors (Lipinski definition) is 3. The van der Waals surface area contributed by atoms with Crippen molar-refractivity contribution in [3.05, 3.63) is 34.9 Å². The van der Waals surface area contributed by atoms with Gasteiger partial charge in [0.25, 0.3) is 0 Å². The van der Waals surface area contributed by atoms with E-state index in [0.717, 1.165) is 5.56 Å². The summed E-state index contributed by atoms with van der Waals surface area (Å²) in [5.74, 6) is -1.14. The Morgan fingerprint density at radius 1 is 1.42 bits per heavy atom. The van der Waals surface area contributed by atoms with Crippen LogP contribution in [-0.4, -0.2) is 29.6 Å². The van der Waals surface area contributed by atoms with Crippen LogP contribution in [0, 0.1) is 0 Å². The summed E-state index contributed by atoms with van der Waals surface area (Å²) < 4.78 is 0. The van der Waals surface area contributed by atoms with E-state index in [9.17, 15) is 9.59 Å². The highest BCUT2D eigenvalue weighted by Crippen LogP contribution is 2.10. The third kappa shape index (κ3) is 6.22. The monoisotopic (exact) mass is 284 g/mol. The molecule has 0 heterocycles. The highest BCUT2D eigenvalue weighted by molar-refractivity contribution is 6.30. The van der Waals surface area contributed by atoms with Gasteiger partial charge in [-0.25, -0.2) is 0 Å². The number of halogens is 1. The Hall–Kier alpha value is -1.59. The van der Waals surface area contributed by atoms with Crippen LogP contribution in [-0.2, 0) is 16.0 Å². The van der Waals surface area contributed by atoms with Crippen molar-refractivity contribution in [3.63, 3.8) is 0 Å². The van der Waals surface area contributed by atoms with Gasteiger partial charge >= 0.3 is 5.97 Å². The Kier molecular flexibility index (Phi) is 6.32. The van der Waals surface area contributed by atoms with Crippen LogP contribution in [0.1, 0.15) is 18.4 Å². The molecular weight excluding hydrogens is 268 g/mol.